The summed E-state index contributed by atoms with van der Waals surface area (Å²) in [5, 5.41) is 7.15. The number of fused-ring (bicyclic) bond motifs is 9. The number of hydrogen-bond donors (Lipinski definition) is 0. The van der Waals surface area contributed by atoms with E-state index >= 15 is 0 Å². The molecule has 0 radical (unpaired) electrons. The fourth-order valence-corrected chi connectivity index (χ4v) is 10.4. The molecule has 9 aromatic carbocycles. The molecule has 2 nitrogen and oxygen atoms in total. The Morgan fingerprint density at radius 1 is 0.492 bits per heavy atom. The van der Waals surface area contributed by atoms with Crippen LogP contribution in [0.25, 0.3) is 76.9 Å². The van der Waals surface area contributed by atoms with Crippen molar-refractivity contribution in [2.75, 3.05) is 4.90 Å². The Labute approximate surface area is 356 Å². The minimum absolute atomic E-state index is 0.107. The van der Waals surface area contributed by atoms with Crippen molar-refractivity contribution in [2.24, 2.45) is 0 Å². The third-order valence-corrected chi connectivity index (χ3v) is 13.4. The molecule has 0 N–H and O–H groups in total. The predicted molar refractivity (Wildman–Crippen MR) is 257 cm³/mol. The van der Waals surface area contributed by atoms with E-state index in [4.69, 9.17) is 4.42 Å². The maximum absolute atomic E-state index is 6.88. The van der Waals surface area contributed by atoms with Gasteiger partial charge < -0.3 is 9.32 Å². The van der Waals surface area contributed by atoms with Crippen LogP contribution in [0.3, 0.4) is 0 Å². The van der Waals surface area contributed by atoms with Crippen LogP contribution in [0.5, 0.6) is 0 Å². The normalized spacial score (nSPS) is 15.1. The lowest BCUT2D eigenvalue weighted by Gasteiger charge is -2.28. The number of benzene rings is 9. The van der Waals surface area contributed by atoms with Gasteiger partial charge in [-0.1, -0.05) is 172 Å². The Kier molecular flexibility index (Phi) is 8.05. The third kappa shape index (κ3) is 5.63. The van der Waals surface area contributed by atoms with Gasteiger partial charge in [0.2, 0.25) is 0 Å². The molecule has 0 saturated heterocycles. The van der Waals surface area contributed by atoms with E-state index in [-0.39, 0.29) is 11.3 Å². The summed E-state index contributed by atoms with van der Waals surface area (Å²) < 4.78 is 6.88. The fourth-order valence-electron chi connectivity index (χ4n) is 10.4. The van der Waals surface area contributed by atoms with Gasteiger partial charge in [0, 0.05) is 44.6 Å². The van der Waals surface area contributed by atoms with E-state index in [9.17, 15) is 0 Å². The van der Waals surface area contributed by atoms with Crippen LogP contribution < -0.4 is 4.90 Å². The maximum atomic E-state index is 6.88. The van der Waals surface area contributed by atoms with Gasteiger partial charge in [0.15, 0.2) is 0 Å². The molecule has 1 unspecified atom stereocenters. The third-order valence-electron chi connectivity index (χ3n) is 13.4. The summed E-state index contributed by atoms with van der Waals surface area (Å²) >= 11 is 0. The van der Waals surface area contributed by atoms with Gasteiger partial charge in [0.1, 0.15) is 11.2 Å². The van der Waals surface area contributed by atoms with Crippen LogP contribution in [0.15, 0.2) is 211 Å². The first-order chi connectivity index (χ1) is 30.0. The summed E-state index contributed by atoms with van der Waals surface area (Å²) in [6, 6.07) is 66.9. The molecule has 1 aromatic heterocycles. The molecule has 1 heterocycles. The van der Waals surface area contributed by atoms with Gasteiger partial charge in [-0.25, -0.2) is 0 Å². The molecule has 0 aliphatic heterocycles. The zero-order valence-corrected chi connectivity index (χ0v) is 34.3. The van der Waals surface area contributed by atoms with Crippen molar-refractivity contribution >= 4 is 60.5 Å². The summed E-state index contributed by atoms with van der Waals surface area (Å²) in [6.07, 6.45) is 9.95. The van der Waals surface area contributed by atoms with E-state index in [0.717, 1.165) is 45.4 Å². The van der Waals surface area contributed by atoms with Crippen LogP contribution in [0.2, 0.25) is 0 Å². The van der Waals surface area contributed by atoms with Crippen molar-refractivity contribution in [2.45, 2.75) is 31.6 Å². The van der Waals surface area contributed by atoms with Gasteiger partial charge in [0.05, 0.1) is 0 Å². The number of nitrogens with zero attached hydrogens (tertiary/aromatic N) is 1. The van der Waals surface area contributed by atoms with Gasteiger partial charge >= 0.3 is 0 Å². The lowest BCUT2D eigenvalue weighted by molar-refractivity contribution is 0.660. The SMILES string of the molecule is CC1(C)c2ccccc2-c2ccc(N(c3ccc(-c4ccc5oc6c7ccccc7c(-c7ccccc7)cc6c5c4C4C=CC=CC4)cc3)c3ccc4ccccc4c3)cc21. The van der Waals surface area contributed by atoms with E-state index < -0.39 is 0 Å². The predicted octanol–water partition coefficient (Wildman–Crippen LogP) is 16.6. The summed E-state index contributed by atoms with van der Waals surface area (Å²) in [5.74, 6) is 0.198. The monoisotopic (exact) mass is 781 g/mol. The Bertz CT molecular complexity index is 3420. The summed E-state index contributed by atoms with van der Waals surface area (Å²) in [4.78, 5) is 2.42. The van der Waals surface area contributed by atoms with Crippen molar-refractivity contribution in [1.82, 2.24) is 0 Å². The molecule has 1 atom stereocenters. The number of hydrogen-bond acceptors (Lipinski definition) is 2. The molecule has 290 valence electrons. The van der Waals surface area contributed by atoms with Gasteiger partial charge in [0.25, 0.3) is 0 Å². The molecular formula is C59H43NO. The molecule has 10 aromatic rings. The minimum Gasteiger partial charge on any atom is -0.455 e. The number of anilines is 3. The molecule has 0 fully saturated rings. The first-order valence-electron chi connectivity index (χ1n) is 21.4. The zero-order chi connectivity index (χ0) is 40.7. The Morgan fingerprint density at radius 3 is 2.00 bits per heavy atom. The molecule has 2 heteroatoms. The molecule has 0 saturated carbocycles. The molecule has 12 rings (SSSR count). The molecule has 2 aliphatic rings. The average Bonchev–Trinajstić information content (AvgIpc) is 3.81. The lowest BCUT2D eigenvalue weighted by atomic mass is 9.82. The summed E-state index contributed by atoms with van der Waals surface area (Å²) in [6.45, 7) is 4.72. The van der Waals surface area contributed by atoms with Gasteiger partial charge in [-0.05, 0) is 121 Å². The first-order valence-corrected chi connectivity index (χ1v) is 21.4. The van der Waals surface area contributed by atoms with Crippen molar-refractivity contribution in [1.29, 1.82) is 0 Å². The topological polar surface area (TPSA) is 16.4 Å². The molecule has 61 heavy (non-hydrogen) atoms. The molecule has 0 bridgehead atoms. The smallest absolute Gasteiger partial charge is 0.143 e. The second-order valence-electron chi connectivity index (χ2n) is 17.2. The van der Waals surface area contributed by atoms with Gasteiger partial charge in [-0.2, -0.15) is 0 Å². The highest BCUT2D eigenvalue weighted by atomic mass is 16.3. The van der Waals surface area contributed by atoms with Crippen LogP contribution in [-0.2, 0) is 5.41 Å². The van der Waals surface area contributed by atoms with Crippen LogP contribution in [0.1, 0.15) is 42.9 Å². The minimum atomic E-state index is -0.107. The van der Waals surface area contributed by atoms with Crippen molar-refractivity contribution in [3.8, 4) is 33.4 Å². The van der Waals surface area contributed by atoms with Crippen LogP contribution in [0, 0.1) is 0 Å². The van der Waals surface area contributed by atoms with Crippen molar-refractivity contribution in [3.05, 3.63) is 223 Å². The summed E-state index contributed by atoms with van der Waals surface area (Å²) in [7, 11) is 0. The molecule has 2 aliphatic carbocycles. The largest absolute Gasteiger partial charge is 0.455 e. The average molecular weight is 782 g/mol. The standard InChI is InChI=1S/C59H43NO/c1-59(2)53-24-14-13-22-48(53)49-32-31-45(36-54(49)59)60(44-30-25-38-15-9-10-20-42(38)35-44)43-28-26-40(27-29-43)46-33-34-55-57(56(46)41-18-7-4-8-19-41)52-37-51(39-16-5-3-6-17-39)47-21-11-12-23-50(47)58(52)61-55/h3-18,20-37,41H,19H2,1-2H3. The van der Waals surface area contributed by atoms with E-state index in [0.29, 0.717) is 0 Å². The molecule has 0 spiro atoms. The second kappa shape index (κ2) is 13.8. The quantitative estimate of drug-likeness (QED) is 0.167. The van der Waals surface area contributed by atoms with E-state index in [1.807, 2.05) is 0 Å². The zero-order valence-electron chi connectivity index (χ0n) is 34.3. The Morgan fingerprint density at radius 2 is 1.16 bits per heavy atom. The second-order valence-corrected chi connectivity index (χ2v) is 17.2. The number of allylic oxidation sites excluding steroid dienone is 4. The first kappa shape index (κ1) is 35.5. The van der Waals surface area contributed by atoms with E-state index in [1.54, 1.807) is 0 Å². The van der Waals surface area contributed by atoms with Gasteiger partial charge in [-0.3, -0.25) is 0 Å². The van der Waals surface area contributed by atoms with Gasteiger partial charge in [-0.15, -0.1) is 0 Å². The fraction of sp³-hybridized carbons (Fsp3) is 0.0847. The lowest BCUT2D eigenvalue weighted by Crippen LogP contribution is -2.16. The van der Waals surface area contributed by atoms with Crippen molar-refractivity contribution in [3.63, 3.8) is 0 Å². The van der Waals surface area contributed by atoms with Crippen molar-refractivity contribution < 1.29 is 4.42 Å². The number of rotatable bonds is 6. The highest BCUT2D eigenvalue weighted by Gasteiger charge is 2.36. The van der Waals surface area contributed by atoms with E-state index in [2.05, 4.69) is 225 Å². The Hall–Kier alpha value is -7.42. The molecular weight excluding hydrogens is 739 g/mol. The van der Waals surface area contributed by atoms with E-state index in [1.165, 1.54) is 71.6 Å². The molecule has 0 amide bonds. The maximum Gasteiger partial charge on any atom is 0.143 e. The number of furan rings is 1. The highest BCUT2D eigenvalue weighted by Crippen LogP contribution is 2.51. The Balaban J connectivity index is 1.04. The van der Waals surface area contributed by atoms with Crippen LogP contribution in [-0.4, -0.2) is 0 Å². The highest BCUT2D eigenvalue weighted by molar-refractivity contribution is 6.20. The van der Waals surface area contributed by atoms with Crippen LogP contribution in [0.4, 0.5) is 17.1 Å². The summed E-state index contributed by atoms with van der Waals surface area (Å²) in [5.41, 5.74) is 16.7. The van der Waals surface area contributed by atoms with Crippen LogP contribution >= 0.6 is 0 Å².